The molecule has 19 heavy (non-hydrogen) atoms. The molecule has 1 aliphatic rings. The minimum atomic E-state index is -0.173. The molecule has 0 saturated heterocycles. The van der Waals surface area contributed by atoms with Crippen LogP contribution in [0, 0.1) is 11.7 Å². The predicted octanol–water partition coefficient (Wildman–Crippen LogP) is 5.04. The van der Waals surface area contributed by atoms with E-state index >= 15 is 0 Å². The fraction of sp³-hybridized carbons (Fsp3) is 0.625. The van der Waals surface area contributed by atoms with Crippen LogP contribution in [0.4, 0.5) is 4.39 Å². The van der Waals surface area contributed by atoms with Gasteiger partial charge >= 0.3 is 0 Å². The van der Waals surface area contributed by atoms with Gasteiger partial charge in [0.2, 0.25) is 0 Å². The lowest BCUT2D eigenvalue weighted by molar-refractivity contribution is 0.336. The van der Waals surface area contributed by atoms with Crippen molar-refractivity contribution in [1.29, 1.82) is 0 Å². The Kier molecular flexibility index (Phi) is 5.83. The number of halogens is 2. The van der Waals surface area contributed by atoms with Gasteiger partial charge in [-0.05, 0) is 49.4 Å². The minimum absolute atomic E-state index is 0.173. The third kappa shape index (κ3) is 4.88. The molecule has 0 unspecified atom stereocenters. The van der Waals surface area contributed by atoms with Crippen LogP contribution in [0.5, 0.6) is 0 Å². The second-order valence-electron chi connectivity index (χ2n) is 5.70. The fourth-order valence-corrected chi connectivity index (χ4v) is 3.48. The van der Waals surface area contributed by atoms with Crippen LogP contribution in [0.2, 0.25) is 0 Å². The first-order valence-electron chi connectivity index (χ1n) is 7.33. The second-order valence-corrected chi connectivity index (χ2v) is 6.61. The lowest BCUT2D eigenvalue weighted by atomic mass is 9.93. The summed E-state index contributed by atoms with van der Waals surface area (Å²) in [6.45, 7) is 3.01. The van der Waals surface area contributed by atoms with Gasteiger partial charge in [-0.2, -0.15) is 0 Å². The molecule has 0 spiro atoms. The molecule has 0 radical (unpaired) electrons. The Morgan fingerprint density at radius 1 is 1.21 bits per heavy atom. The van der Waals surface area contributed by atoms with Crippen LogP contribution in [0.15, 0.2) is 22.7 Å². The smallest absolute Gasteiger partial charge is 0.124 e. The van der Waals surface area contributed by atoms with Crippen LogP contribution in [0.3, 0.4) is 0 Å². The summed E-state index contributed by atoms with van der Waals surface area (Å²) >= 11 is 3.34. The van der Waals surface area contributed by atoms with Gasteiger partial charge in [-0.1, -0.05) is 41.6 Å². The van der Waals surface area contributed by atoms with Gasteiger partial charge in [-0.3, -0.25) is 0 Å². The molecule has 1 fully saturated rings. The second kappa shape index (κ2) is 7.39. The third-order valence-electron chi connectivity index (χ3n) is 4.16. The SMILES string of the molecule is C[C@@H](NCc1cc(F)cc(Br)c1)C1CCCCCC1. The van der Waals surface area contributed by atoms with Crippen LogP contribution in [-0.2, 0) is 6.54 Å². The molecule has 106 valence electrons. The molecule has 3 heteroatoms. The van der Waals surface area contributed by atoms with E-state index in [1.807, 2.05) is 6.07 Å². The number of hydrogen-bond acceptors (Lipinski definition) is 1. The number of hydrogen-bond donors (Lipinski definition) is 1. The standard InChI is InChI=1S/C16H23BrFN/c1-12(14-6-4-2-3-5-7-14)19-11-13-8-15(17)10-16(18)9-13/h8-10,12,14,19H,2-7,11H2,1H3/t12-/m1/s1. The molecule has 0 aliphatic heterocycles. The quantitative estimate of drug-likeness (QED) is 0.764. The van der Waals surface area contributed by atoms with Gasteiger partial charge in [-0.15, -0.1) is 0 Å². The molecule has 2 rings (SSSR count). The molecule has 1 saturated carbocycles. The van der Waals surface area contributed by atoms with Crippen LogP contribution in [0.25, 0.3) is 0 Å². The molecule has 1 nitrogen and oxygen atoms in total. The third-order valence-corrected chi connectivity index (χ3v) is 4.62. The van der Waals surface area contributed by atoms with Crippen LogP contribution in [-0.4, -0.2) is 6.04 Å². The van der Waals surface area contributed by atoms with E-state index in [9.17, 15) is 4.39 Å². The lowest BCUT2D eigenvalue weighted by Crippen LogP contribution is -2.32. The first-order valence-corrected chi connectivity index (χ1v) is 8.13. The molecule has 0 heterocycles. The molecule has 1 atom stereocenters. The molecular formula is C16H23BrFN. The van der Waals surface area contributed by atoms with Crippen molar-refractivity contribution in [2.24, 2.45) is 5.92 Å². The minimum Gasteiger partial charge on any atom is -0.310 e. The Labute approximate surface area is 124 Å². The maximum atomic E-state index is 13.3. The highest BCUT2D eigenvalue weighted by Gasteiger charge is 2.18. The summed E-state index contributed by atoms with van der Waals surface area (Å²) in [6, 6.07) is 5.60. The molecular weight excluding hydrogens is 305 g/mol. The van der Waals surface area contributed by atoms with Gasteiger partial charge < -0.3 is 5.32 Å². The van der Waals surface area contributed by atoms with Crippen molar-refractivity contribution in [3.63, 3.8) is 0 Å². The van der Waals surface area contributed by atoms with Crippen molar-refractivity contribution < 1.29 is 4.39 Å². The van der Waals surface area contributed by atoms with E-state index in [2.05, 4.69) is 28.2 Å². The maximum absolute atomic E-state index is 13.3. The zero-order valence-electron chi connectivity index (χ0n) is 11.6. The zero-order chi connectivity index (χ0) is 13.7. The zero-order valence-corrected chi connectivity index (χ0v) is 13.2. The summed E-state index contributed by atoms with van der Waals surface area (Å²) < 4.78 is 14.1. The van der Waals surface area contributed by atoms with Crippen molar-refractivity contribution in [3.05, 3.63) is 34.1 Å². The number of rotatable bonds is 4. The summed E-state index contributed by atoms with van der Waals surface area (Å²) in [5.74, 6) is 0.604. The number of nitrogens with one attached hydrogen (secondary N) is 1. The molecule has 1 N–H and O–H groups in total. The highest BCUT2D eigenvalue weighted by Crippen LogP contribution is 2.25. The van der Waals surface area contributed by atoms with Gasteiger partial charge in [0.1, 0.15) is 5.82 Å². The van der Waals surface area contributed by atoms with E-state index in [1.165, 1.54) is 44.6 Å². The summed E-state index contributed by atoms with van der Waals surface area (Å²) in [6.07, 6.45) is 8.17. The highest BCUT2D eigenvalue weighted by atomic mass is 79.9. The Morgan fingerprint density at radius 2 is 1.89 bits per heavy atom. The molecule has 1 aromatic rings. The average Bonchev–Trinajstić information content (AvgIpc) is 2.63. The molecule has 1 aromatic carbocycles. The molecule has 0 amide bonds. The first kappa shape index (κ1) is 15.0. The van der Waals surface area contributed by atoms with Gasteiger partial charge in [0.15, 0.2) is 0 Å². The van der Waals surface area contributed by atoms with E-state index in [1.54, 1.807) is 6.07 Å². The summed E-state index contributed by atoms with van der Waals surface area (Å²) in [5.41, 5.74) is 1.01. The largest absolute Gasteiger partial charge is 0.310 e. The van der Waals surface area contributed by atoms with Gasteiger partial charge in [-0.25, -0.2) is 4.39 Å². The normalized spacial score (nSPS) is 19.1. The summed E-state index contributed by atoms with van der Waals surface area (Å²) in [4.78, 5) is 0. The summed E-state index contributed by atoms with van der Waals surface area (Å²) in [5, 5.41) is 3.56. The highest BCUT2D eigenvalue weighted by molar-refractivity contribution is 9.10. The van der Waals surface area contributed by atoms with Gasteiger partial charge in [0.05, 0.1) is 0 Å². The lowest BCUT2D eigenvalue weighted by Gasteiger charge is -2.23. The first-order chi connectivity index (χ1) is 9.15. The molecule has 0 aromatic heterocycles. The summed E-state index contributed by atoms with van der Waals surface area (Å²) in [7, 11) is 0. The van der Waals surface area contributed by atoms with E-state index in [0.717, 1.165) is 22.5 Å². The van der Waals surface area contributed by atoms with Crippen molar-refractivity contribution in [2.75, 3.05) is 0 Å². The Balaban J connectivity index is 1.86. The number of benzene rings is 1. The van der Waals surface area contributed by atoms with Gasteiger partial charge in [0, 0.05) is 17.1 Å². The topological polar surface area (TPSA) is 12.0 Å². The predicted molar refractivity (Wildman–Crippen MR) is 81.6 cm³/mol. The molecule has 0 bridgehead atoms. The van der Waals surface area contributed by atoms with E-state index in [-0.39, 0.29) is 5.82 Å². The Hall–Kier alpha value is -0.410. The molecule has 1 aliphatic carbocycles. The van der Waals surface area contributed by atoms with Crippen molar-refractivity contribution in [2.45, 2.75) is 58.0 Å². The Morgan fingerprint density at radius 3 is 2.53 bits per heavy atom. The average molecular weight is 328 g/mol. The Bertz CT molecular complexity index is 379. The van der Waals surface area contributed by atoms with Crippen LogP contribution < -0.4 is 5.32 Å². The van der Waals surface area contributed by atoms with Crippen molar-refractivity contribution in [3.8, 4) is 0 Å². The fourth-order valence-electron chi connectivity index (χ4n) is 2.97. The van der Waals surface area contributed by atoms with E-state index in [0.29, 0.717) is 6.04 Å². The van der Waals surface area contributed by atoms with Crippen molar-refractivity contribution in [1.82, 2.24) is 5.32 Å². The van der Waals surface area contributed by atoms with Crippen LogP contribution in [0.1, 0.15) is 51.0 Å². The monoisotopic (exact) mass is 327 g/mol. The van der Waals surface area contributed by atoms with Gasteiger partial charge in [0.25, 0.3) is 0 Å². The van der Waals surface area contributed by atoms with Crippen LogP contribution >= 0.6 is 15.9 Å². The maximum Gasteiger partial charge on any atom is 0.124 e. The van der Waals surface area contributed by atoms with E-state index < -0.39 is 0 Å². The van der Waals surface area contributed by atoms with Crippen molar-refractivity contribution >= 4 is 15.9 Å². The van der Waals surface area contributed by atoms with E-state index in [4.69, 9.17) is 0 Å².